The number of carbonyl (C=O) groups excluding carboxylic acids is 4. The van der Waals surface area contributed by atoms with E-state index in [0.29, 0.717) is 39.5 Å². The molecule has 4 aromatic carbocycles. The van der Waals surface area contributed by atoms with E-state index < -0.39 is 87.8 Å². The van der Waals surface area contributed by atoms with Crippen LogP contribution in [-0.4, -0.2) is 41.9 Å². The number of fused-ring (bicyclic) bond motifs is 4. The van der Waals surface area contributed by atoms with E-state index in [2.05, 4.69) is 0 Å². The number of hydrogen-bond donors (Lipinski definition) is 1. The topological polar surface area (TPSA) is 104 Å². The predicted molar refractivity (Wildman–Crippen MR) is 194 cm³/mol. The van der Waals surface area contributed by atoms with Crippen LogP contribution in [0.2, 0.25) is 5.02 Å². The van der Waals surface area contributed by atoms with Gasteiger partial charge in [0.2, 0.25) is 23.6 Å². The van der Waals surface area contributed by atoms with Gasteiger partial charge in [0.25, 0.3) is 0 Å². The second-order valence-electron chi connectivity index (χ2n) is 14.5. The van der Waals surface area contributed by atoms with Crippen molar-refractivity contribution >= 4 is 46.6 Å². The van der Waals surface area contributed by atoms with Crippen molar-refractivity contribution in [3.8, 4) is 5.75 Å². The minimum atomic E-state index is -5.23. The predicted octanol–water partition coefficient (Wildman–Crippen LogP) is 8.12. The standard InChI is InChI=1S/C42H31ClF6N2O6/c43-26-7-4-8-27(20-26)51-37(54)33-21-32-30(35(22-9-11-29(12-10-22)57-16-15-52)40(33,39(51)56)23-5-2-1-3-6-23)13-14-31-34(32)38(55)50(36(31)53)28-18-24(41(44,45)46)17-25(19-28)42(47,48)49/h1-13,17-20,31-35,52H,14-16,21H2/t31-,32+,33-,34-,35-,40+/m0/s1. The van der Waals surface area contributed by atoms with Crippen molar-refractivity contribution in [2.45, 2.75) is 36.5 Å². The third-order valence-electron chi connectivity index (χ3n) is 11.6. The fraction of sp³-hybridized carbons (Fsp3) is 0.286. The lowest BCUT2D eigenvalue weighted by atomic mass is 9.49. The molecule has 1 N–H and O–H groups in total. The molecule has 0 spiro atoms. The van der Waals surface area contributed by atoms with Gasteiger partial charge < -0.3 is 9.84 Å². The molecule has 4 aromatic rings. The molecular formula is C42H31ClF6N2O6. The molecule has 15 heteroatoms. The SMILES string of the molecule is O=C1[C@H]2[C@H](CC=C3[C@H]2C[C@H]2C(=O)N(c4cccc(Cl)c4)C(=O)[C@@]2(c2ccccc2)[C@H]3c2ccc(OCCO)cc2)C(=O)N1c1cc(C(F)(F)F)cc(C(F)(F)F)c1. The number of alkyl halides is 6. The lowest BCUT2D eigenvalue weighted by molar-refractivity contribution is -0.143. The van der Waals surface area contributed by atoms with E-state index in [1.807, 2.05) is 0 Å². The van der Waals surface area contributed by atoms with E-state index in [9.17, 15) is 45.8 Å². The maximum Gasteiger partial charge on any atom is 0.416 e. The molecule has 294 valence electrons. The van der Waals surface area contributed by atoms with Gasteiger partial charge in [0.15, 0.2) is 0 Å². The molecule has 3 fully saturated rings. The molecule has 0 bridgehead atoms. The number of hydrogen-bond acceptors (Lipinski definition) is 6. The molecule has 2 heterocycles. The van der Waals surface area contributed by atoms with Crippen molar-refractivity contribution in [1.82, 2.24) is 0 Å². The Morgan fingerprint density at radius 3 is 2.02 bits per heavy atom. The summed E-state index contributed by atoms with van der Waals surface area (Å²) in [5.74, 6) is -8.28. The monoisotopic (exact) mass is 808 g/mol. The normalized spacial score (nSPS) is 26.0. The summed E-state index contributed by atoms with van der Waals surface area (Å²) in [6, 6.07) is 22.1. The van der Waals surface area contributed by atoms with Crippen LogP contribution in [0.15, 0.2) is 109 Å². The van der Waals surface area contributed by atoms with E-state index in [-0.39, 0.29) is 42.8 Å². The number of carbonyl (C=O) groups is 4. The highest BCUT2D eigenvalue weighted by molar-refractivity contribution is 6.32. The molecule has 0 unspecified atom stereocenters. The Balaban J connectivity index is 1.31. The number of amides is 4. The first kappa shape index (κ1) is 38.4. The first-order chi connectivity index (χ1) is 27.1. The largest absolute Gasteiger partial charge is 0.491 e. The number of halogens is 7. The highest BCUT2D eigenvalue weighted by Crippen LogP contribution is 2.64. The van der Waals surface area contributed by atoms with Gasteiger partial charge >= 0.3 is 12.4 Å². The average molecular weight is 809 g/mol. The molecule has 0 aromatic heterocycles. The van der Waals surface area contributed by atoms with Crippen LogP contribution in [0.5, 0.6) is 5.75 Å². The summed E-state index contributed by atoms with van der Waals surface area (Å²) in [5.41, 5.74) is -4.12. The zero-order valence-electron chi connectivity index (χ0n) is 29.6. The molecule has 4 amide bonds. The van der Waals surface area contributed by atoms with E-state index >= 15 is 4.79 Å². The van der Waals surface area contributed by atoms with Crippen LogP contribution in [0.3, 0.4) is 0 Å². The Hall–Kier alpha value is -5.47. The fourth-order valence-corrected chi connectivity index (χ4v) is 9.55. The molecule has 8 nitrogen and oxygen atoms in total. The minimum absolute atomic E-state index is 0.000335. The highest BCUT2D eigenvalue weighted by atomic mass is 35.5. The van der Waals surface area contributed by atoms with Crippen LogP contribution in [0.1, 0.15) is 41.0 Å². The smallest absolute Gasteiger partial charge is 0.416 e. The molecule has 8 rings (SSSR count). The molecule has 4 aliphatic rings. The van der Waals surface area contributed by atoms with Crippen molar-refractivity contribution in [3.05, 3.63) is 136 Å². The lowest BCUT2D eigenvalue weighted by Gasteiger charge is -2.50. The number of ether oxygens (including phenoxy) is 1. The Morgan fingerprint density at radius 2 is 1.40 bits per heavy atom. The van der Waals surface area contributed by atoms with Gasteiger partial charge in [-0.1, -0.05) is 71.8 Å². The van der Waals surface area contributed by atoms with E-state index in [1.165, 1.54) is 6.07 Å². The van der Waals surface area contributed by atoms with Crippen LogP contribution < -0.4 is 14.5 Å². The molecule has 0 radical (unpaired) electrons. The Kier molecular flexibility index (Phi) is 9.35. The summed E-state index contributed by atoms with van der Waals surface area (Å²) in [7, 11) is 0. The molecule has 2 aliphatic heterocycles. The van der Waals surface area contributed by atoms with E-state index in [0.717, 1.165) is 4.90 Å². The maximum atomic E-state index is 15.3. The maximum absolute atomic E-state index is 15.3. The molecule has 6 atom stereocenters. The van der Waals surface area contributed by atoms with Gasteiger partial charge in [-0.15, -0.1) is 0 Å². The van der Waals surface area contributed by atoms with Crippen molar-refractivity contribution < 1.29 is 55.4 Å². The number of benzene rings is 4. The highest BCUT2D eigenvalue weighted by Gasteiger charge is 2.70. The summed E-state index contributed by atoms with van der Waals surface area (Å²) in [6.45, 7) is -0.252. The zero-order valence-corrected chi connectivity index (χ0v) is 30.3. The molecular weight excluding hydrogens is 778 g/mol. The van der Waals surface area contributed by atoms with Gasteiger partial charge in [0.1, 0.15) is 12.4 Å². The number of allylic oxidation sites excluding steroid dienone is 2. The third kappa shape index (κ3) is 6.11. The number of aliphatic hydroxyl groups excluding tert-OH is 1. The summed E-state index contributed by atoms with van der Waals surface area (Å²) in [4.78, 5) is 60.3. The first-order valence-electron chi connectivity index (χ1n) is 18.0. The Bertz CT molecular complexity index is 2300. The third-order valence-corrected chi connectivity index (χ3v) is 11.8. The van der Waals surface area contributed by atoms with Gasteiger partial charge in [0, 0.05) is 10.9 Å². The summed E-state index contributed by atoms with van der Waals surface area (Å²) < 4.78 is 89.1. The molecule has 2 aliphatic carbocycles. The van der Waals surface area contributed by atoms with Crippen molar-refractivity contribution in [3.63, 3.8) is 0 Å². The van der Waals surface area contributed by atoms with Crippen LogP contribution in [0, 0.1) is 23.7 Å². The van der Waals surface area contributed by atoms with Gasteiger partial charge in [-0.3, -0.25) is 19.2 Å². The first-order valence-corrected chi connectivity index (χ1v) is 18.4. The minimum Gasteiger partial charge on any atom is -0.491 e. The summed E-state index contributed by atoms with van der Waals surface area (Å²) in [6.07, 6.45) is -9.02. The summed E-state index contributed by atoms with van der Waals surface area (Å²) >= 11 is 6.34. The molecule has 2 saturated heterocycles. The van der Waals surface area contributed by atoms with Crippen LogP contribution >= 0.6 is 11.6 Å². The van der Waals surface area contributed by atoms with Crippen LogP contribution in [0.25, 0.3) is 0 Å². The number of aliphatic hydroxyl groups is 1. The second-order valence-corrected chi connectivity index (χ2v) is 14.9. The number of nitrogens with zero attached hydrogens (tertiary/aromatic N) is 2. The van der Waals surface area contributed by atoms with Gasteiger partial charge in [0.05, 0.1) is 52.3 Å². The number of imide groups is 2. The number of rotatable bonds is 7. The quantitative estimate of drug-likeness (QED) is 0.115. The Labute approximate surface area is 326 Å². The molecule has 1 saturated carbocycles. The Morgan fingerprint density at radius 1 is 0.737 bits per heavy atom. The van der Waals surface area contributed by atoms with Crippen molar-refractivity contribution in [2.75, 3.05) is 23.0 Å². The molecule has 57 heavy (non-hydrogen) atoms. The lowest BCUT2D eigenvalue weighted by Crippen LogP contribution is -2.53. The average Bonchev–Trinajstić information content (AvgIpc) is 3.57. The number of anilines is 2. The van der Waals surface area contributed by atoms with Gasteiger partial charge in [-0.2, -0.15) is 26.3 Å². The van der Waals surface area contributed by atoms with Crippen molar-refractivity contribution in [2.24, 2.45) is 23.7 Å². The van der Waals surface area contributed by atoms with Crippen molar-refractivity contribution in [1.29, 1.82) is 0 Å². The second kappa shape index (κ2) is 13.9. The summed E-state index contributed by atoms with van der Waals surface area (Å²) in [5, 5.41) is 9.56. The van der Waals surface area contributed by atoms with Crippen LogP contribution in [-0.2, 0) is 36.9 Å². The fourth-order valence-electron chi connectivity index (χ4n) is 9.36. The van der Waals surface area contributed by atoms with Gasteiger partial charge in [-0.05, 0) is 78.4 Å². The zero-order chi connectivity index (χ0) is 40.6. The van der Waals surface area contributed by atoms with Crippen LogP contribution in [0.4, 0.5) is 37.7 Å². The van der Waals surface area contributed by atoms with E-state index in [1.54, 1.807) is 78.9 Å². The van der Waals surface area contributed by atoms with E-state index in [4.69, 9.17) is 16.3 Å². The van der Waals surface area contributed by atoms with Gasteiger partial charge in [-0.25, -0.2) is 9.80 Å².